The fraction of sp³-hybridized carbons (Fsp3) is 0.175. The lowest BCUT2D eigenvalue weighted by atomic mass is 9.73. The van der Waals surface area contributed by atoms with E-state index in [1.807, 2.05) is 0 Å². The van der Waals surface area contributed by atoms with Gasteiger partial charge < -0.3 is 4.90 Å². The maximum atomic E-state index is 2.41. The summed E-state index contributed by atoms with van der Waals surface area (Å²) in [6, 6.07) is 50.6. The second-order valence-electron chi connectivity index (χ2n) is 18.4. The van der Waals surface area contributed by atoms with Crippen molar-refractivity contribution in [1.29, 1.82) is 0 Å². The summed E-state index contributed by atoms with van der Waals surface area (Å²) in [5.74, 6) is 0.706. The first kappa shape index (κ1) is 39.9. The van der Waals surface area contributed by atoms with Gasteiger partial charge in [0.2, 0.25) is 0 Å². The molecule has 0 aliphatic heterocycles. The Hall–Kier alpha value is -6.96. The molecular formula is C63H55N. The molecule has 11 rings (SSSR count). The summed E-state index contributed by atoms with van der Waals surface area (Å²) in [5, 5.41) is 2.61. The van der Waals surface area contributed by atoms with Crippen LogP contribution in [0.4, 0.5) is 17.1 Å². The molecule has 2 unspecified atom stereocenters. The van der Waals surface area contributed by atoms with Gasteiger partial charge in [-0.2, -0.15) is 0 Å². The Labute approximate surface area is 379 Å². The Morgan fingerprint density at radius 3 is 1.92 bits per heavy atom. The van der Waals surface area contributed by atoms with Crippen LogP contribution in [-0.2, 0) is 25.7 Å². The van der Waals surface area contributed by atoms with Crippen LogP contribution >= 0.6 is 0 Å². The second-order valence-corrected chi connectivity index (χ2v) is 18.4. The maximum Gasteiger partial charge on any atom is 0.0461 e. The molecule has 4 aliphatic carbocycles. The number of hydrogen-bond donors (Lipinski definition) is 0. The Morgan fingerprint density at radius 1 is 0.531 bits per heavy atom. The summed E-state index contributed by atoms with van der Waals surface area (Å²) in [4.78, 5) is 2.41. The lowest BCUT2D eigenvalue weighted by molar-refractivity contribution is 0.613. The molecule has 0 spiro atoms. The van der Waals surface area contributed by atoms with E-state index in [0.717, 1.165) is 55.6 Å². The molecular weight excluding hydrogens is 771 g/mol. The largest absolute Gasteiger partial charge is 0.311 e. The van der Waals surface area contributed by atoms with Gasteiger partial charge in [0.15, 0.2) is 0 Å². The van der Waals surface area contributed by atoms with Crippen LogP contribution in [0.25, 0.3) is 39.6 Å². The Bertz CT molecular complexity index is 3110. The molecule has 0 heterocycles. The second kappa shape index (κ2) is 17.0. The predicted molar refractivity (Wildman–Crippen MR) is 274 cm³/mol. The highest BCUT2D eigenvalue weighted by Crippen LogP contribution is 2.44. The lowest BCUT2D eigenvalue weighted by Crippen LogP contribution is -2.19. The Kier molecular flexibility index (Phi) is 10.6. The van der Waals surface area contributed by atoms with Crippen molar-refractivity contribution in [2.75, 3.05) is 4.90 Å². The molecule has 312 valence electrons. The van der Waals surface area contributed by atoms with Gasteiger partial charge in [-0.05, 0) is 179 Å². The number of rotatable bonds is 9. The molecule has 64 heavy (non-hydrogen) atoms. The molecule has 0 radical (unpaired) electrons. The highest BCUT2D eigenvalue weighted by atomic mass is 15.1. The molecule has 1 nitrogen and oxygen atoms in total. The van der Waals surface area contributed by atoms with Gasteiger partial charge in [0, 0.05) is 28.9 Å². The number of allylic oxidation sites excluding steroid dienone is 10. The summed E-state index contributed by atoms with van der Waals surface area (Å²) in [6.45, 7) is 6.76. The minimum atomic E-state index is 0.332. The van der Waals surface area contributed by atoms with E-state index in [0.29, 0.717) is 11.8 Å². The molecule has 0 aromatic heterocycles. The molecule has 0 saturated heterocycles. The van der Waals surface area contributed by atoms with Gasteiger partial charge in [-0.3, -0.25) is 0 Å². The predicted octanol–water partition coefficient (Wildman–Crippen LogP) is 16.3. The Morgan fingerprint density at radius 2 is 1.17 bits per heavy atom. The highest BCUT2D eigenvalue weighted by Gasteiger charge is 2.28. The van der Waals surface area contributed by atoms with Crippen LogP contribution < -0.4 is 4.90 Å². The molecule has 0 amide bonds. The van der Waals surface area contributed by atoms with E-state index in [-0.39, 0.29) is 0 Å². The zero-order chi connectivity index (χ0) is 43.1. The average Bonchev–Trinajstić information content (AvgIpc) is 3.34. The molecule has 0 saturated carbocycles. The SMILES string of the molecule is Cc1ccc(N(c2ccc(CC3=C(c4c(C)ccc5ccccc45)C=CC4C=CC=CC34)cc2)c2ccc(Cc3ccc4c(c3-c3ccc5c(c3C)C=CCC5)C=CCC4)cc2)cc1. The van der Waals surface area contributed by atoms with E-state index in [9.17, 15) is 0 Å². The summed E-state index contributed by atoms with van der Waals surface area (Å²) in [5.41, 5.74) is 24.2. The van der Waals surface area contributed by atoms with Crippen LogP contribution in [0, 0.1) is 32.6 Å². The summed E-state index contributed by atoms with van der Waals surface area (Å²) in [6.07, 6.45) is 29.7. The number of nitrogens with zero attached hydrogens (tertiary/aromatic N) is 1. The minimum absolute atomic E-state index is 0.332. The normalized spacial score (nSPS) is 17.1. The van der Waals surface area contributed by atoms with Crippen molar-refractivity contribution in [1.82, 2.24) is 0 Å². The van der Waals surface area contributed by atoms with E-state index in [4.69, 9.17) is 0 Å². The van der Waals surface area contributed by atoms with Gasteiger partial charge in [-0.1, -0.05) is 169 Å². The van der Waals surface area contributed by atoms with Crippen molar-refractivity contribution in [3.63, 3.8) is 0 Å². The molecule has 1 heteroatoms. The first-order valence-electron chi connectivity index (χ1n) is 23.4. The highest BCUT2D eigenvalue weighted by molar-refractivity contribution is 5.99. The van der Waals surface area contributed by atoms with Gasteiger partial charge in [0.05, 0.1) is 0 Å². The number of benzene rings is 7. The van der Waals surface area contributed by atoms with Gasteiger partial charge in [0.1, 0.15) is 0 Å². The molecule has 0 N–H and O–H groups in total. The van der Waals surface area contributed by atoms with Crippen LogP contribution in [0.3, 0.4) is 0 Å². The first-order valence-corrected chi connectivity index (χ1v) is 23.4. The third-order valence-corrected chi connectivity index (χ3v) is 14.3. The zero-order valence-corrected chi connectivity index (χ0v) is 37.3. The van der Waals surface area contributed by atoms with Gasteiger partial charge in [0.25, 0.3) is 0 Å². The average molecular weight is 826 g/mol. The lowest BCUT2D eigenvalue weighted by Gasteiger charge is -2.31. The van der Waals surface area contributed by atoms with Crippen LogP contribution in [0.5, 0.6) is 0 Å². The van der Waals surface area contributed by atoms with Gasteiger partial charge in [-0.25, -0.2) is 0 Å². The summed E-state index contributed by atoms with van der Waals surface area (Å²) >= 11 is 0. The molecule has 0 bridgehead atoms. The fourth-order valence-electron chi connectivity index (χ4n) is 10.9. The smallest absolute Gasteiger partial charge is 0.0461 e. The molecule has 7 aromatic rings. The third kappa shape index (κ3) is 7.43. The van der Waals surface area contributed by atoms with E-state index >= 15 is 0 Å². The number of anilines is 3. The molecule has 0 fully saturated rings. The standard InChI is InChI=1S/C63H55N/c1-42-20-32-52(33-21-42)64(53-34-23-45(24-35-53)40-51-29-28-50-15-7-11-19-59(50)63(51)56-38-30-47-12-4-8-16-55(47)44(56)3)54-36-25-46(26-37-54)41-61-57-17-9-5-13-48(57)31-39-60(61)62-43(2)22-27-49-14-6-10-18-58(49)62/h5-6,8-11,13-14,16-39,48,57H,4,7,12,15,40-41H2,1-3H3. The fourth-order valence-corrected chi connectivity index (χ4v) is 10.9. The van der Waals surface area contributed by atoms with Crippen LogP contribution in [0.15, 0.2) is 188 Å². The van der Waals surface area contributed by atoms with Crippen molar-refractivity contribution >= 4 is 45.6 Å². The molecule has 7 aromatic carbocycles. The monoisotopic (exact) mass is 825 g/mol. The maximum absolute atomic E-state index is 2.41. The zero-order valence-electron chi connectivity index (χ0n) is 37.3. The quantitative estimate of drug-likeness (QED) is 0.140. The van der Waals surface area contributed by atoms with Crippen molar-refractivity contribution in [2.45, 2.75) is 59.3 Å². The summed E-state index contributed by atoms with van der Waals surface area (Å²) in [7, 11) is 0. The minimum Gasteiger partial charge on any atom is -0.311 e. The van der Waals surface area contributed by atoms with E-state index in [2.05, 4.69) is 220 Å². The molecule has 2 atom stereocenters. The van der Waals surface area contributed by atoms with Crippen molar-refractivity contribution < 1.29 is 0 Å². The van der Waals surface area contributed by atoms with Gasteiger partial charge >= 0.3 is 0 Å². The molecule has 4 aliphatic rings. The topological polar surface area (TPSA) is 3.24 Å². The van der Waals surface area contributed by atoms with Crippen LogP contribution in [-0.4, -0.2) is 0 Å². The van der Waals surface area contributed by atoms with Crippen molar-refractivity contribution in [2.24, 2.45) is 11.8 Å². The van der Waals surface area contributed by atoms with E-state index in [1.54, 1.807) is 0 Å². The van der Waals surface area contributed by atoms with Crippen LogP contribution in [0.1, 0.15) is 74.0 Å². The number of fused-ring (bicyclic) bond motifs is 4. The third-order valence-electron chi connectivity index (χ3n) is 14.3. The van der Waals surface area contributed by atoms with Crippen molar-refractivity contribution in [3.05, 3.63) is 249 Å². The number of aryl methyl sites for hydroxylation is 4. The van der Waals surface area contributed by atoms with Crippen LogP contribution in [0.2, 0.25) is 0 Å². The van der Waals surface area contributed by atoms with Crippen molar-refractivity contribution in [3.8, 4) is 11.1 Å². The van der Waals surface area contributed by atoms with Gasteiger partial charge in [-0.15, -0.1) is 0 Å². The van der Waals surface area contributed by atoms with E-state index in [1.165, 1.54) is 94.2 Å². The Balaban J connectivity index is 0.929. The number of hydrogen-bond acceptors (Lipinski definition) is 1. The first-order chi connectivity index (χ1) is 31.5. The van der Waals surface area contributed by atoms with E-state index < -0.39 is 0 Å². The summed E-state index contributed by atoms with van der Waals surface area (Å²) < 4.78 is 0.